The molecule has 1 unspecified atom stereocenters. The standard InChI is InChI=1S/C17H26N2O4S/c1-4-18(12-14-7-9-16(23-2)10-8-14)17(20)15-6-5-11-19(13-15)24(3,21)22/h7-10,15H,4-6,11-13H2,1-3H3. The van der Waals surface area contributed by atoms with Crippen LogP contribution in [0.15, 0.2) is 24.3 Å². The number of hydrogen-bond acceptors (Lipinski definition) is 4. The Hall–Kier alpha value is -1.60. The van der Waals surface area contributed by atoms with Gasteiger partial charge in [-0.25, -0.2) is 12.7 Å². The Morgan fingerprint density at radius 3 is 2.54 bits per heavy atom. The number of sulfonamides is 1. The van der Waals surface area contributed by atoms with Crippen molar-refractivity contribution >= 4 is 15.9 Å². The second kappa shape index (κ2) is 7.98. The van der Waals surface area contributed by atoms with Crippen LogP contribution in [-0.2, 0) is 21.4 Å². The van der Waals surface area contributed by atoms with Crippen LogP contribution in [0.25, 0.3) is 0 Å². The number of carbonyl (C=O) groups excluding carboxylic acids is 1. The molecule has 0 aliphatic carbocycles. The van der Waals surface area contributed by atoms with Crippen molar-refractivity contribution in [2.24, 2.45) is 5.92 Å². The maximum absolute atomic E-state index is 12.8. The molecule has 1 aromatic carbocycles. The van der Waals surface area contributed by atoms with Crippen LogP contribution in [0.2, 0.25) is 0 Å². The third-order valence-corrected chi connectivity index (χ3v) is 5.70. The summed E-state index contributed by atoms with van der Waals surface area (Å²) in [6, 6.07) is 7.64. The topological polar surface area (TPSA) is 66.9 Å². The fourth-order valence-electron chi connectivity index (χ4n) is 3.00. The smallest absolute Gasteiger partial charge is 0.227 e. The van der Waals surface area contributed by atoms with Crippen LogP contribution in [0, 0.1) is 5.92 Å². The van der Waals surface area contributed by atoms with Gasteiger partial charge in [0.2, 0.25) is 15.9 Å². The summed E-state index contributed by atoms with van der Waals surface area (Å²) in [5.74, 6) is 0.553. The molecule has 24 heavy (non-hydrogen) atoms. The molecule has 1 heterocycles. The van der Waals surface area contributed by atoms with Crippen molar-refractivity contribution in [3.63, 3.8) is 0 Å². The fraction of sp³-hybridized carbons (Fsp3) is 0.588. The molecule has 1 aliphatic heterocycles. The minimum atomic E-state index is -3.24. The molecular formula is C17H26N2O4S. The van der Waals surface area contributed by atoms with Crippen molar-refractivity contribution in [2.45, 2.75) is 26.3 Å². The number of carbonyl (C=O) groups is 1. The highest BCUT2D eigenvalue weighted by atomic mass is 32.2. The van der Waals surface area contributed by atoms with E-state index in [0.29, 0.717) is 19.6 Å². The summed E-state index contributed by atoms with van der Waals surface area (Å²) in [4.78, 5) is 14.6. The molecular weight excluding hydrogens is 328 g/mol. The first kappa shape index (κ1) is 18.7. The molecule has 2 rings (SSSR count). The number of amides is 1. The third-order valence-electron chi connectivity index (χ3n) is 4.43. The van der Waals surface area contributed by atoms with Gasteiger partial charge in [-0.2, -0.15) is 0 Å². The zero-order chi connectivity index (χ0) is 17.7. The third kappa shape index (κ3) is 4.70. The normalized spacial score (nSPS) is 19.0. The summed E-state index contributed by atoms with van der Waals surface area (Å²) in [5, 5.41) is 0. The molecule has 134 valence electrons. The molecule has 1 atom stereocenters. The van der Waals surface area contributed by atoms with E-state index in [1.165, 1.54) is 10.6 Å². The van der Waals surface area contributed by atoms with E-state index in [-0.39, 0.29) is 18.4 Å². The minimum Gasteiger partial charge on any atom is -0.497 e. The number of hydrogen-bond donors (Lipinski definition) is 0. The van der Waals surface area contributed by atoms with E-state index < -0.39 is 10.0 Å². The average Bonchev–Trinajstić information content (AvgIpc) is 2.59. The average molecular weight is 354 g/mol. The Balaban J connectivity index is 2.04. The van der Waals surface area contributed by atoms with Gasteiger partial charge in [-0.15, -0.1) is 0 Å². The Morgan fingerprint density at radius 1 is 1.33 bits per heavy atom. The summed E-state index contributed by atoms with van der Waals surface area (Å²) in [6.45, 7) is 3.86. The van der Waals surface area contributed by atoms with Crippen molar-refractivity contribution in [1.29, 1.82) is 0 Å². The molecule has 1 saturated heterocycles. The van der Waals surface area contributed by atoms with E-state index in [4.69, 9.17) is 4.74 Å². The highest BCUT2D eigenvalue weighted by molar-refractivity contribution is 7.88. The van der Waals surface area contributed by atoms with Crippen LogP contribution in [0.4, 0.5) is 0 Å². The van der Waals surface area contributed by atoms with Crippen LogP contribution < -0.4 is 4.74 Å². The maximum Gasteiger partial charge on any atom is 0.227 e. The van der Waals surface area contributed by atoms with Crippen molar-refractivity contribution in [1.82, 2.24) is 9.21 Å². The quantitative estimate of drug-likeness (QED) is 0.780. The van der Waals surface area contributed by atoms with Gasteiger partial charge in [-0.05, 0) is 37.5 Å². The molecule has 1 aromatic rings. The number of benzene rings is 1. The zero-order valence-corrected chi connectivity index (χ0v) is 15.4. The SMILES string of the molecule is CCN(Cc1ccc(OC)cc1)C(=O)C1CCCN(S(C)(=O)=O)C1. The van der Waals surface area contributed by atoms with Crippen molar-refractivity contribution in [2.75, 3.05) is 33.0 Å². The molecule has 0 radical (unpaired) electrons. The van der Waals surface area contributed by atoms with Gasteiger partial charge in [0.1, 0.15) is 5.75 Å². The summed E-state index contributed by atoms with van der Waals surface area (Å²) in [6.07, 6.45) is 2.67. The van der Waals surface area contributed by atoms with Crippen LogP contribution in [0.1, 0.15) is 25.3 Å². The molecule has 0 spiro atoms. The van der Waals surface area contributed by atoms with Gasteiger partial charge < -0.3 is 9.64 Å². The maximum atomic E-state index is 12.8. The van der Waals surface area contributed by atoms with Gasteiger partial charge in [-0.3, -0.25) is 4.79 Å². The number of rotatable bonds is 6. The number of ether oxygens (including phenoxy) is 1. The highest BCUT2D eigenvalue weighted by Crippen LogP contribution is 2.22. The molecule has 1 fully saturated rings. The summed E-state index contributed by atoms with van der Waals surface area (Å²) < 4.78 is 30.0. The van der Waals surface area contributed by atoms with Gasteiger partial charge in [0, 0.05) is 26.2 Å². The van der Waals surface area contributed by atoms with E-state index in [1.807, 2.05) is 31.2 Å². The predicted octanol–water partition coefficient (Wildman–Crippen LogP) is 1.72. The van der Waals surface area contributed by atoms with Crippen molar-refractivity contribution in [3.8, 4) is 5.75 Å². The molecule has 0 bridgehead atoms. The Bertz CT molecular complexity index is 658. The summed E-state index contributed by atoms with van der Waals surface area (Å²) in [5.41, 5.74) is 1.03. The van der Waals surface area contributed by atoms with Crippen LogP contribution >= 0.6 is 0 Å². The lowest BCUT2D eigenvalue weighted by atomic mass is 9.98. The lowest BCUT2D eigenvalue weighted by Gasteiger charge is -2.33. The molecule has 6 nitrogen and oxygen atoms in total. The Labute approximate surface area is 144 Å². The first-order chi connectivity index (χ1) is 11.3. The number of piperidine rings is 1. The predicted molar refractivity (Wildman–Crippen MR) is 93.2 cm³/mol. The van der Waals surface area contributed by atoms with Crippen LogP contribution in [0.5, 0.6) is 5.75 Å². The van der Waals surface area contributed by atoms with E-state index >= 15 is 0 Å². The first-order valence-corrected chi connectivity index (χ1v) is 10.1. The van der Waals surface area contributed by atoms with Gasteiger partial charge in [0.25, 0.3) is 0 Å². The summed E-state index contributed by atoms with van der Waals surface area (Å²) >= 11 is 0. The zero-order valence-electron chi connectivity index (χ0n) is 14.6. The van der Waals surface area contributed by atoms with E-state index in [9.17, 15) is 13.2 Å². The van der Waals surface area contributed by atoms with Gasteiger partial charge in [0.15, 0.2) is 0 Å². The second-order valence-corrected chi connectivity index (χ2v) is 8.14. The van der Waals surface area contributed by atoms with Crippen LogP contribution in [-0.4, -0.2) is 56.5 Å². The first-order valence-electron chi connectivity index (χ1n) is 8.22. The van der Waals surface area contributed by atoms with Gasteiger partial charge in [-0.1, -0.05) is 12.1 Å². The van der Waals surface area contributed by atoms with E-state index in [0.717, 1.165) is 24.2 Å². The largest absolute Gasteiger partial charge is 0.497 e. The minimum absolute atomic E-state index is 0.0293. The lowest BCUT2D eigenvalue weighted by molar-refractivity contribution is -0.137. The molecule has 0 saturated carbocycles. The van der Waals surface area contributed by atoms with Crippen molar-refractivity contribution in [3.05, 3.63) is 29.8 Å². The Kier molecular flexibility index (Phi) is 6.23. The van der Waals surface area contributed by atoms with E-state index in [1.54, 1.807) is 12.0 Å². The molecule has 0 aromatic heterocycles. The molecule has 1 aliphatic rings. The number of nitrogens with zero attached hydrogens (tertiary/aromatic N) is 2. The molecule has 1 amide bonds. The van der Waals surface area contributed by atoms with E-state index in [2.05, 4.69) is 0 Å². The summed E-state index contributed by atoms with van der Waals surface area (Å²) in [7, 11) is -1.62. The second-order valence-electron chi connectivity index (χ2n) is 6.16. The van der Waals surface area contributed by atoms with Crippen molar-refractivity contribution < 1.29 is 17.9 Å². The fourth-order valence-corrected chi connectivity index (χ4v) is 3.91. The Morgan fingerprint density at radius 2 is 2.00 bits per heavy atom. The number of methoxy groups -OCH3 is 1. The van der Waals surface area contributed by atoms with Crippen LogP contribution in [0.3, 0.4) is 0 Å². The molecule has 7 heteroatoms. The van der Waals surface area contributed by atoms with Gasteiger partial charge in [0.05, 0.1) is 19.3 Å². The van der Waals surface area contributed by atoms with Gasteiger partial charge >= 0.3 is 0 Å². The lowest BCUT2D eigenvalue weighted by Crippen LogP contribution is -2.46. The monoisotopic (exact) mass is 354 g/mol. The highest BCUT2D eigenvalue weighted by Gasteiger charge is 2.32. The molecule has 0 N–H and O–H groups in total.